The summed E-state index contributed by atoms with van der Waals surface area (Å²) in [5.74, 6) is -0.211. The van der Waals surface area contributed by atoms with Crippen LogP contribution in [-0.4, -0.2) is 13.9 Å². The summed E-state index contributed by atoms with van der Waals surface area (Å²) in [5, 5.41) is 8.41. The van der Waals surface area contributed by atoms with Crippen molar-refractivity contribution >= 4 is 0 Å². The molecule has 0 aliphatic rings. The van der Waals surface area contributed by atoms with Crippen molar-refractivity contribution in [2.75, 3.05) is 13.9 Å². The molecule has 0 heterocycles. The molecular weight excluding hydrogens is 209 g/mol. The van der Waals surface area contributed by atoms with Crippen molar-refractivity contribution < 1.29 is 13.9 Å². The third-order valence-corrected chi connectivity index (χ3v) is 2.08. The van der Waals surface area contributed by atoms with E-state index in [0.717, 1.165) is 18.4 Å². The Bertz CT molecular complexity index is 374. The standard InChI is InChI=1S/C12H14FNO2/c1-15-9-16-12-8-10(4-2-3-7-14)5-6-11(12)13/h5-6,8H,2-4,9H2,1H3. The highest BCUT2D eigenvalue weighted by atomic mass is 19.1. The molecule has 1 aromatic rings. The summed E-state index contributed by atoms with van der Waals surface area (Å²) >= 11 is 0. The van der Waals surface area contributed by atoms with E-state index in [1.807, 2.05) is 0 Å². The minimum atomic E-state index is -0.402. The number of nitriles is 1. The first-order chi connectivity index (χ1) is 7.77. The third kappa shape index (κ3) is 3.87. The minimum absolute atomic E-state index is 0.0264. The Morgan fingerprint density at radius 3 is 2.94 bits per heavy atom. The van der Waals surface area contributed by atoms with Crippen LogP contribution in [-0.2, 0) is 11.2 Å². The van der Waals surface area contributed by atoms with Gasteiger partial charge in [-0.25, -0.2) is 4.39 Å². The van der Waals surface area contributed by atoms with Crippen LogP contribution < -0.4 is 4.74 Å². The highest BCUT2D eigenvalue weighted by Gasteiger charge is 2.04. The zero-order valence-corrected chi connectivity index (χ0v) is 9.20. The van der Waals surface area contributed by atoms with E-state index in [0.29, 0.717) is 6.42 Å². The summed E-state index contributed by atoms with van der Waals surface area (Å²) in [7, 11) is 1.48. The molecule has 0 fully saturated rings. The number of benzene rings is 1. The van der Waals surface area contributed by atoms with Crippen molar-refractivity contribution in [1.82, 2.24) is 0 Å². The second-order valence-electron chi connectivity index (χ2n) is 3.33. The van der Waals surface area contributed by atoms with E-state index >= 15 is 0 Å². The summed E-state index contributed by atoms with van der Waals surface area (Å²) in [6.07, 6.45) is 2.02. The molecule has 0 spiro atoms. The molecule has 0 aliphatic heterocycles. The fourth-order valence-corrected chi connectivity index (χ4v) is 1.31. The van der Waals surface area contributed by atoms with Crippen molar-refractivity contribution in [1.29, 1.82) is 5.26 Å². The highest BCUT2D eigenvalue weighted by molar-refractivity contribution is 5.30. The largest absolute Gasteiger partial charge is 0.464 e. The lowest BCUT2D eigenvalue weighted by atomic mass is 10.1. The van der Waals surface area contributed by atoms with E-state index in [1.54, 1.807) is 12.1 Å². The Labute approximate surface area is 94.4 Å². The molecule has 1 rings (SSSR count). The molecule has 4 heteroatoms. The van der Waals surface area contributed by atoms with Crippen molar-refractivity contribution in [2.24, 2.45) is 0 Å². The SMILES string of the molecule is COCOc1cc(CCCC#N)ccc1F. The van der Waals surface area contributed by atoms with Crippen molar-refractivity contribution in [3.63, 3.8) is 0 Å². The van der Waals surface area contributed by atoms with Gasteiger partial charge >= 0.3 is 0 Å². The maximum Gasteiger partial charge on any atom is 0.188 e. The zero-order valence-electron chi connectivity index (χ0n) is 9.20. The van der Waals surface area contributed by atoms with Crippen molar-refractivity contribution in [3.8, 4) is 11.8 Å². The lowest BCUT2D eigenvalue weighted by Gasteiger charge is -2.07. The molecule has 16 heavy (non-hydrogen) atoms. The number of unbranched alkanes of at least 4 members (excludes halogenated alkanes) is 1. The Morgan fingerprint density at radius 2 is 2.25 bits per heavy atom. The molecule has 0 N–H and O–H groups in total. The molecule has 0 unspecified atom stereocenters. The van der Waals surface area contributed by atoms with Gasteiger partial charge in [0.05, 0.1) is 6.07 Å². The van der Waals surface area contributed by atoms with Crippen LogP contribution in [0.4, 0.5) is 4.39 Å². The number of halogens is 1. The summed E-state index contributed by atoms with van der Waals surface area (Å²) in [5.41, 5.74) is 0.961. The molecule has 0 saturated heterocycles. The first-order valence-electron chi connectivity index (χ1n) is 5.05. The first-order valence-corrected chi connectivity index (χ1v) is 5.05. The Kier molecular flexibility index (Phi) is 5.30. The summed E-state index contributed by atoms with van der Waals surface area (Å²) in [6.45, 7) is 0.0264. The van der Waals surface area contributed by atoms with Gasteiger partial charge in [-0.2, -0.15) is 5.26 Å². The van der Waals surface area contributed by atoms with Crippen LogP contribution in [0.1, 0.15) is 18.4 Å². The lowest BCUT2D eigenvalue weighted by molar-refractivity contribution is 0.0482. The van der Waals surface area contributed by atoms with Crippen LogP contribution in [0.25, 0.3) is 0 Å². The van der Waals surface area contributed by atoms with Crippen LogP contribution >= 0.6 is 0 Å². The lowest BCUT2D eigenvalue weighted by Crippen LogP contribution is -2.01. The van der Waals surface area contributed by atoms with Crippen molar-refractivity contribution in [2.45, 2.75) is 19.3 Å². The monoisotopic (exact) mass is 223 g/mol. The van der Waals surface area contributed by atoms with E-state index in [4.69, 9.17) is 14.7 Å². The van der Waals surface area contributed by atoms with Gasteiger partial charge in [0.15, 0.2) is 18.4 Å². The number of aryl methyl sites for hydroxylation is 1. The Hall–Kier alpha value is -1.60. The summed E-state index contributed by atoms with van der Waals surface area (Å²) in [4.78, 5) is 0. The number of hydrogen-bond donors (Lipinski definition) is 0. The van der Waals surface area contributed by atoms with Gasteiger partial charge in [0.25, 0.3) is 0 Å². The topological polar surface area (TPSA) is 42.2 Å². The van der Waals surface area contributed by atoms with Gasteiger partial charge < -0.3 is 9.47 Å². The van der Waals surface area contributed by atoms with Crippen LogP contribution in [0.5, 0.6) is 5.75 Å². The number of ether oxygens (including phenoxy) is 2. The maximum atomic E-state index is 13.2. The molecule has 86 valence electrons. The minimum Gasteiger partial charge on any atom is -0.464 e. The quantitative estimate of drug-likeness (QED) is 0.550. The van der Waals surface area contributed by atoms with E-state index in [-0.39, 0.29) is 12.5 Å². The maximum absolute atomic E-state index is 13.2. The summed E-state index contributed by atoms with van der Waals surface area (Å²) < 4.78 is 23.0. The number of rotatable bonds is 6. The molecule has 0 saturated carbocycles. The first kappa shape index (κ1) is 12.5. The van der Waals surface area contributed by atoms with E-state index in [9.17, 15) is 4.39 Å². The molecule has 0 amide bonds. The average Bonchev–Trinajstić information content (AvgIpc) is 2.30. The second kappa shape index (κ2) is 6.81. The van der Waals surface area contributed by atoms with Gasteiger partial charge in [-0.15, -0.1) is 0 Å². The molecule has 0 atom stereocenters. The fraction of sp³-hybridized carbons (Fsp3) is 0.417. The molecular formula is C12H14FNO2. The fourth-order valence-electron chi connectivity index (χ4n) is 1.31. The summed E-state index contributed by atoms with van der Waals surface area (Å²) in [6, 6.07) is 6.79. The van der Waals surface area contributed by atoms with Gasteiger partial charge in [-0.3, -0.25) is 0 Å². The van der Waals surface area contributed by atoms with Crippen LogP contribution in [0.3, 0.4) is 0 Å². The normalized spacial score (nSPS) is 9.81. The second-order valence-corrected chi connectivity index (χ2v) is 3.33. The molecule has 1 aromatic carbocycles. The molecule has 0 radical (unpaired) electrons. The predicted molar refractivity (Wildman–Crippen MR) is 57.5 cm³/mol. The average molecular weight is 223 g/mol. The van der Waals surface area contributed by atoms with Gasteiger partial charge in [-0.1, -0.05) is 6.07 Å². The highest BCUT2D eigenvalue weighted by Crippen LogP contribution is 2.19. The Morgan fingerprint density at radius 1 is 1.44 bits per heavy atom. The molecule has 0 aliphatic carbocycles. The molecule has 0 bridgehead atoms. The van der Waals surface area contributed by atoms with Crippen molar-refractivity contribution in [3.05, 3.63) is 29.6 Å². The Balaban J connectivity index is 2.62. The molecule has 3 nitrogen and oxygen atoms in total. The number of hydrogen-bond acceptors (Lipinski definition) is 3. The smallest absolute Gasteiger partial charge is 0.188 e. The van der Waals surface area contributed by atoms with Gasteiger partial charge in [0, 0.05) is 13.5 Å². The van der Waals surface area contributed by atoms with E-state index in [2.05, 4.69) is 6.07 Å². The van der Waals surface area contributed by atoms with Gasteiger partial charge in [-0.05, 0) is 30.5 Å². The third-order valence-electron chi connectivity index (χ3n) is 2.08. The van der Waals surface area contributed by atoms with Gasteiger partial charge in [0.2, 0.25) is 0 Å². The van der Waals surface area contributed by atoms with E-state index in [1.165, 1.54) is 13.2 Å². The van der Waals surface area contributed by atoms with Crippen LogP contribution in [0.2, 0.25) is 0 Å². The van der Waals surface area contributed by atoms with Crippen LogP contribution in [0.15, 0.2) is 18.2 Å². The van der Waals surface area contributed by atoms with Gasteiger partial charge in [0.1, 0.15) is 0 Å². The predicted octanol–water partition coefficient (Wildman–Crippen LogP) is 2.65. The van der Waals surface area contributed by atoms with E-state index < -0.39 is 5.82 Å². The number of methoxy groups -OCH3 is 1. The number of nitrogens with zero attached hydrogens (tertiary/aromatic N) is 1. The zero-order chi connectivity index (χ0) is 11.8. The van der Waals surface area contributed by atoms with Crippen LogP contribution in [0, 0.1) is 17.1 Å². The molecule has 0 aromatic heterocycles.